The van der Waals surface area contributed by atoms with Gasteiger partial charge in [-0.05, 0) is 11.7 Å². The zero-order chi connectivity index (χ0) is 12.3. The fraction of sp³-hybridized carbons (Fsp3) is 0.667. The lowest BCUT2D eigenvalue weighted by molar-refractivity contribution is -0.153. The smallest absolute Gasteiger partial charge is 0.327 e. The molecule has 0 aromatic carbocycles. The predicted octanol–water partition coefficient (Wildman–Crippen LogP) is -0.307. The lowest BCUT2D eigenvalue weighted by Gasteiger charge is -2.23. The quantitative estimate of drug-likeness (QED) is 0.579. The van der Waals surface area contributed by atoms with E-state index in [4.69, 9.17) is 10.2 Å². The van der Waals surface area contributed by atoms with Crippen molar-refractivity contribution in [2.45, 2.75) is 18.9 Å². The van der Waals surface area contributed by atoms with E-state index in [0.29, 0.717) is 5.75 Å². The minimum absolute atomic E-state index is 0.00600. The fourth-order valence-electron chi connectivity index (χ4n) is 1.73. The van der Waals surface area contributed by atoms with E-state index in [1.807, 2.05) is 0 Å². The summed E-state index contributed by atoms with van der Waals surface area (Å²) in [6, 6.07) is -1.27. The summed E-state index contributed by atoms with van der Waals surface area (Å²) in [6.45, 7) is 0.270. The van der Waals surface area contributed by atoms with E-state index in [1.54, 1.807) is 0 Å². The van der Waals surface area contributed by atoms with Gasteiger partial charge >= 0.3 is 11.9 Å². The van der Waals surface area contributed by atoms with Crippen molar-refractivity contribution in [1.29, 1.82) is 0 Å². The first-order valence-corrected chi connectivity index (χ1v) is 5.44. The van der Waals surface area contributed by atoms with Crippen molar-refractivity contribution in [2.24, 2.45) is 5.92 Å². The first-order valence-electron chi connectivity index (χ1n) is 4.80. The number of hydrogen-bond donors (Lipinski definition) is 3. The van der Waals surface area contributed by atoms with Crippen LogP contribution in [-0.4, -0.2) is 51.3 Å². The van der Waals surface area contributed by atoms with Gasteiger partial charge in [0.15, 0.2) is 0 Å². The van der Waals surface area contributed by atoms with Crippen molar-refractivity contribution in [1.82, 2.24) is 4.90 Å². The van der Waals surface area contributed by atoms with Gasteiger partial charge < -0.3 is 15.1 Å². The molecular weight excluding hydrogens is 234 g/mol. The van der Waals surface area contributed by atoms with Crippen LogP contribution in [0.1, 0.15) is 12.8 Å². The molecule has 1 heterocycles. The van der Waals surface area contributed by atoms with Gasteiger partial charge in [0.1, 0.15) is 6.04 Å². The number of carboxylic acids is 2. The van der Waals surface area contributed by atoms with Crippen LogP contribution in [0, 0.1) is 5.92 Å². The molecular formula is C9H13NO5S. The lowest BCUT2D eigenvalue weighted by Crippen LogP contribution is -2.43. The molecule has 0 aromatic heterocycles. The Morgan fingerprint density at radius 3 is 2.50 bits per heavy atom. The monoisotopic (exact) mass is 247 g/mol. The van der Waals surface area contributed by atoms with Gasteiger partial charge in [-0.1, -0.05) is 0 Å². The Balaban J connectivity index is 2.75. The number of carbonyl (C=O) groups is 3. The summed E-state index contributed by atoms with van der Waals surface area (Å²) in [5.74, 6) is -2.33. The molecule has 0 bridgehead atoms. The molecule has 0 saturated carbocycles. The number of aliphatic carboxylic acids is 2. The molecule has 1 amide bonds. The maximum absolute atomic E-state index is 11.5. The van der Waals surface area contributed by atoms with Crippen LogP contribution in [0.3, 0.4) is 0 Å². The molecule has 7 heteroatoms. The number of amides is 1. The Morgan fingerprint density at radius 1 is 1.50 bits per heavy atom. The van der Waals surface area contributed by atoms with Crippen LogP contribution in [0.15, 0.2) is 0 Å². The fourth-order valence-corrected chi connectivity index (χ4v) is 1.97. The Kier molecular flexibility index (Phi) is 4.17. The zero-order valence-electron chi connectivity index (χ0n) is 8.50. The Labute approximate surface area is 97.6 Å². The first kappa shape index (κ1) is 12.8. The largest absolute Gasteiger partial charge is 0.481 e. The third kappa shape index (κ3) is 2.88. The molecule has 1 saturated heterocycles. The molecule has 2 atom stereocenters. The van der Waals surface area contributed by atoms with E-state index in [2.05, 4.69) is 12.6 Å². The van der Waals surface area contributed by atoms with E-state index in [1.165, 1.54) is 0 Å². The van der Waals surface area contributed by atoms with Crippen LogP contribution in [0.2, 0.25) is 0 Å². The van der Waals surface area contributed by atoms with Crippen LogP contribution in [-0.2, 0) is 14.4 Å². The highest BCUT2D eigenvalue weighted by atomic mass is 32.1. The van der Waals surface area contributed by atoms with Gasteiger partial charge in [-0.3, -0.25) is 9.59 Å². The SMILES string of the molecule is O=C(O)CC(C(=O)O)N1CC(CS)CC1=O. The second-order valence-corrected chi connectivity index (χ2v) is 4.12. The average molecular weight is 247 g/mol. The van der Waals surface area contributed by atoms with Crippen molar-refractivity contribution in [3.05, 3.63) is 0 Å². The minimum Gasteiger partial charge on any atom is -0.481 e. The molecule has 1 rings (SSSR count). The zero-order valence-corrected chi connectivity index (χ0v) is 9.39. The van der Waals surface area contributed by atoms with E-state index < -0.39 is 24.4 Å². The molecule has 0 spiro atoms. The van der Waals surface area contributed by atoms with E-state index in [9.17, 15) is 14.4 Å². The third-order valence-electron chi connectivity index (χ3n) is 2.53. The molecule has 16 heavy (non-hydrogen) atoms. The number of rotatable bonds is 5. The van der Waals surface area contributed by atoms with Gasteiger partial charge in [0.05, 0.1) is 6.42 Å². The number of likely N-dealkylation sites (tertiary alicyclic amines) is 1. The summed E-state index contributed by atoms with van der Waals surface area (Å²) in [4.78, 5) is 34.0. The minimum atomic E-state index is -1.28. The molecule has 1 aliphatic heterocycles. The maximum Gasteiger partial charge on any atom is 0.327 e. The topological polar surface area (TPSA) is 94.9 Å². The molecule has 2 unspecified atom stereocenters. The average Bonchev–Trinajstić information content (AvgIpc) is 2.55. The molecule has 90 valence electrons. The molecule has 0 aliphatic carbocycles. The highest BCUT2D eigenvalue weighted by Gasteiger charge is 2.38. The molecule has 2 N–H and O–H groups in total. The summed E-state index contributed by atoms with van der Waals surface area (Å²) < 4.78 is 0. The molecule has 0 radical (unpaired) electrons. The molecule has 6 nitrogen and oxygen atoms in total. The van der Waals surface area contributed by atoms with Gasteiger partial charge in [0.25, 0.3) is 0 Å². The van der Waals surface area contributed by atoms with Crippen LogP contribution in [0.4, 0.5) is 0 Å². The van der Waals surface area contributed by atoms with Gasteiger partial charge in [-0.2, -0.15) is 12.6 Å². The molecule has 1 aliphatic rings. The van der Waals surface area contributed by atoms with Crippen molar-refractivity contribution < 1.29 is 24.6 Å². The summed E-state index contributed by atoms with van der Waals surface area (Å²) in [5.41, 5.74) is 0. The summed E-state index contributed by atoms with van der Waals surface area (Å²) >= 11 is 4.04. The van der Waals surface area contributed by atoms with Gasteiger partial charge in [0, 0.05) is 13.0 Å². The Hall–Kier alpha value is -1.24. The number of carbonyl (C=O) groups excluding carboxylic acids is 1. The van der Waals surface area contributed by atoms with Crippen molar-refractivity contribution >= 4 is 30.5 Å². The third-order valence-corrected chi connectivity index (χ3v) is 3.04. The van der Waals surface area contributed by atoms with Crippen LogP contribution in [0.5, 0.6) is 0 Å². The second kappa shape index (κ2) is 5.20. The summed E-state index contributed by atoms with van der Waals surface area (Å²) in [7, 11) is 0. The highest BCUT2D eigenvalue weighted by Crippen LogP contribution is 2.22. The van der Waals surface area contributed by atoms with Gasteiger partial charge in [0.2, 0.25) is 5.91 Å². The van der Waals surface area contributed by atoms with Crippen LogP contribution < -0.4 is 0 Å². The summed E-state index contributed by atoms with van der Waals surface area (Å²) in [5, 5.41) is 17.5. The van der Waals surface area contributed by atoms with Crippen molar-refractivity contribution in [2.75, 3.05) is 12.3 Å². The van der Waals surface area contributed by atoms with Crippen molar-refractivity contribution in [3.63, 3.8) is 0 Å². The number of thiol groups is 1. The maximum atomic E-state index is 11.5. The van der Waals surface area contributed by atoms with Crippen LogP contribution >= 0.6 is 12.6 Å². The Morgan fingerprint density at radius 2 is 2.12 bits per heavy atom. The van der Waals surface area contributed by atoms with E-state index in [-0.39, 0.29) is 24.8 Å². The number of nitrogens with zero attached hydrogens (tertiary/aromatic N) is 1. The van der Waals surface area contributed by atoms with Crippen LogP contribution in [0.25, 0.3) is 0 Å². The molecule has 1 fully saturated rings. The second-order valence-electron chi connectivity index (χ2n) is 3.75. The molecule has 0 aromatic rings. The summed E-state index contributed by atoms with van der Waals surface area (Å²) in [6.07, 6.45) is -0.326. The van der Waals surface area contributed by atoms with E-state index in [0.717, 1.165) is 4.90 Å². The highest BCUT2D eigenvalue weighted by molar-refractivity contribution is 7.80. The lowest BCUT2D eigenvalue weighted by atomic mass is 10.1. The predicted molar refractivity (Wildman–Crippen MR) is 57.3 cm³/mol. The number of carboxylic acid groups (broad SMARTS) is 2. The first-order chi connectivity index (χ1) is 7.45. The van der Waals surface area contributed by atoms with Gasteiger partial charge in [-0.25, -0.2) is 4.79 Å². The van der Waals surface area contributed by atoms with E-state index >= 15 is 0 Å². The van der Waals surface area contributed by atoms with Crippen molar-refractivity contribution in [3.8, 4) is 0 Å². The number of hydrogen-bond acceptors (Lipinski definition) is 4. The van der Waals surface area contributed by atoms with Gasteiger partial charge in [-0.15, -0.1) is 0 Å². The Bertz CT molecular complexity index is 319. The normalized spacial score (nSPS) is 22.2. The standard InChI is InChI=1S/C9H13NO5S/c11-7-1-5(4-16)3-10(7)6(9(14)15)2-8(12)13/h5-6,16H,1-4H2,(H,12,13)(H,14,15).